The Balaban J connectivity index is 2.87. The molecule has 14 heavy (non-hydrogen) atoms. The summed E-state index contributed by atoms with van der Waals surface area (Å²) >= 11 is 4.10. The molecule has 0 amide bonds. The van der Waals surface area contributed by atoms with Gasteiger partial charge >= 0.3 is 0 Å². The Morgan fingerprint density at radius 3 is 2.29 bits per heavy atom. The zero-order valence-electron chi connectivity index (χ0n) is 8.10. The van der Waals surface area contributed by atoms with Crippen LogP contribution in [0.15, 0.2) is 34.1 Å². The van der Waals surface area contributed by atoms with Gasteiger partial charge in [-0.2, -0.15) is 0 Å². The SMILES string of the molecule is CCCCS(=O)(=O)c1ccc(S)cc1. The van der Waals surface area contributed by atoms with E-state index in [0.717, 1.165) is 11.3 Å². The lowest BCUT2D eigenvalue weighted by atomic mass is 10.4. The standard InChI is InChI=1S/C10H14O2S2/c1-2-3-8-14(11,12)10-6-4-9(13)5-7-10/h4-7,13H,2-3,8H2,1H3. The smallest absolute Gasteiger partial charge is 0.178 e. The minimum atomic E-state index is -3.07. The van der Waals surface area contributed by atoms with Crippen LogP contribution in [0.2, 0.25) is 0 Å². The van der Waals surface area contributed by atoms with Crippen molar-refractivity contribution in [2.24, 2.45) is 0 Å². The average Bonchev–Trinajstić information content (AvgIpc) is 2.16. The van der Waals surface area contributed by atoms with Crippen LogP contribution in [0.25, 0.3) is 0 Å². The van der Waals surface area contributed by atoms with E-state index in [1.807, 2.05) is 6.92 Å². The average molecular weight is 230 g/mol. The van der Waals surface area contributed by atoms with Gasteiger partial charge in [-0.1, -0.05) is 13.3 Å². The number of sulfone groups is 1. The monoisotopic (exact) mass is 230 g/mol. The molecule has 4 heteroatoms. The Labute approximate surface area is 90.7 Å². The number of unbranched alkanes of at least 4 members (excludes halogenated alkanes) is 1. The number of rotatable bonds is 4. The molecule has 0 heterocycles. The third kappa shape index (κ3) is 3.03. The van der Waals surface area contributed by atoms with Gasteiger partial charge in [-0.15, -0.1) is 12.6 Å². The fraction of sp³-hybridized carbons (Fsp3) is 0.400. The molecule has 0 unspecified atom stereocenters. The molecule has 0 N–H and O–H groups in total. The minimum absolute atomic E-state index is 0.232. The number of hydrogen-bond donors (Lipinski definition) is 1. The summed E-state index contributed by atoms with van der Waals surface area (Å²) in [5.74, 6) is 0.232. The zero-order chi connectivity index (χ0) is 10.6. The van der Waals surface area contributed by atoms with Crippen molar-refractivity contribution < 1.29 is 8.42 Å². The molecule has 78 valence electrons. The van der Waals surface area contributed by atoms with Crippen LogP contribution in [0, 0.1) is 0 Å². The van der Waals surface area contributed by atoms with E-state index in [-0.39, 0.29) is 5.75 Å². The summed E-state index contributed by atoms with van der Waals surface area (Å²) in [6.45, 7) is 1.98. The Kier molecular flexibility index (Phi) is 4.01. The van der Waals surface area contributed by atoms with Crippen molar-refractivity contribution in [3.8, 4) is 0 Å². The van der Waals surface area contributed by atoms with E-state index in [9.17, 15) is 8.42 Å². The molecule has 0 fully saturated rings. The Bertz CT molecular complexity index is 379. The second-order valence-electron chi connectivity index (χ2n) is 3.17. The van der Waals surface area contributed by atoms with E-state index in [1.165, 1.54) is 0 Å². The fourth-order valence-electron chi connectivity index (χ4n) is 1.11. The van der Waals surface area contributed by atoms with Gasteiger partial charge in [0.05, 0.1) is 10.6 Å². The van der Waals surface area contributed by atoms with E-state index in [0.29, 0.717) is 11.3 Å². The number of hydrogen-bond acceptors (Lipinski definition) is 3. The van der Waals surface area contributed by atoms with Gasteiger partial charge in [0.1, 0.15) is 0 Å². The Morgan fingerprint density at radius 2 is 1.79 bits per heavy atom. The van der Waals surface area contributed by atoms with Crippen molar-refractivity contribution in [2.45, 2.75) is 29.6 Å². The third-order valence-corrected chi connectivity index (χ3v) is 4.08. The van der Waals surface area contributed by atoms with Crippen LogP contribution < -0.4 is 0 Å². The first-order valence-electron chi connectivity index (χ1n) is 4.58. The van der Waals surface area contributed by atoms with Crippen LogP contribution in [0.4, 0.5) is 0 Å². The fourth-order valence-corrected chi connectivity index (χ4v) is 2.71. The lowest BCUT2D eigenvalue weighted by Gasteiger charge is -2.03. The molecule has 0 aliphatic carbocycles. The van der Waals surface area contributed by atoms with Crippen LogP contribution in [0.3, 0.4) is 0 Å². The van der Waals surface area contributed by atoms with Crippen LogP contribution in [0.1, 0.15) is 19.8 Å². The number of thiol groups is 1. The summed E-state index contributed by atoms with van der Waals surface area (Å²) in [5.41, 5.74) is 0. The molecule has 0 atom stereocenters. The maximum absolute atomic E-state index is 11.7. The highest BCUT2D eigenvalue weighted by Gasteiger charge is 2.12. The molecular formula is C10H14O2S2. The maximum Gasteiger partial charge on any atom is 0.178 e. The normalized spacial score (nSPS) is 11.6. The predicted octanol–water partition coefficient (Wildman–Crippen LogP) is 2.55. The van der Waals surface area contributed by atoms with Gasteiger partial charge in [-0.05, 0) is 30.7 Å². The van der Waals surface area contributed by atoms with Gasteiger partial charge in [0.15, 0.2) is 9.84 Å². The van der Waals surface area contributed by atoms with E-state index >= 15 is 0 Å². The highest BCUT2D eigenvalue weighted by molar-refractivity contribution is 7.91. The van der Waals surface area contributed by atoms with Crippen molar-refractivity contribution in [1.82, 2.24) is 0 Å². The lowest BCUT2D eigenvalue weighted by molar-refractivity contribution is 0.592. The van der Waals surface area contributed by atoms with Gasteiger partial charge in [0.2, 0.25) is 0 Å². The van der Waals surface area contributed by atoms with Crippen LogP contribution in [-0.2, 0) is 9.84 Å². The quantitative estimate of drug-likeness (QED) is 0.807. The first-order valence-corrected chi connectivity index (χ1v) is 6.68. The predicted molar refractivity (Wildman–Crippen MR) is 60.7 cm³/mol. The molecule has 0 saturated carbocycles. The van der Waals surface area contributed by atoms with Crippen molar-refractivity contribution >= 4 is 22.5 Å². The third-order valence-electron chi connectivity index (χ3n) is 1.96. The largest absolute Gasteiger partial charge is 0.224 e. The molecule has 0 saturated heterocycles. The highest BCUT2D eigenvalue weighted by Crippen LogP contribution is 2.15. The summed E-state index contributed by atoms with van der Waals surface area (Å²) < 4.78 is 23.4. The summed E-state index contributed by atoms with van der Waals surface area (Å²) in [6, 6.07) is 6.60. The highest BCUT2D eigenvalue weighted by atomic mass is 32.2. The molecule has 0 radical (unpaired) electrons. The van der Waals surface area contributed by atoms with Gasteiger partial charge in [-0.25, -0.2) is 8.42 Å². The summed E-state index contributed by atoms with van der Waals surface area (Å²) in [7, 11) is -3.07. The molecule has 0 spiro atoms. The van der Waals surface area contributed by atoms with Gasteiger partial charge < -0.3 is 0 Å². The molecule has 1 rings (SSSR count). The molecule has 0 bridgehead atoms. The second-order valence-corrected chi connectivity index (χ2v) is 5.79. The van der Waals surface area contributed by atoms with Crippen LogP contribution in [-0.4, -0.2) is 14.2 Å². The van der Waals surface area contributed by atoms with Gasteiger partial charge in [0, 0.05) is 4.90 Å². The van der Waals surface area contributed by atoms with E-state index in [2.05, 4.69) is 12.6 Å². The molecule has 0 aliphatic rings. The van der Waals surface area contributed by atoms with Crippen molar-refractivity contribution in [2.75, 3.05) is 5.75 Å². The van der Waals surface area contributed by atoms with Gasteiger partial charge in [-0.3, -0.25) is 0 Å². The Morgan fingerprint density at radius 1 is 1.21 bits per heavy atom. The maximum atomic E-state index is 11.7. The van der Waals surface area contributed by atoms with Crippen molar-refractivity contribution in [1.29, 1.82) is 0 Å². The van der Waals surface area contributed by atoms with Gasteiger partial charge in [0.25, 0.3) is 0 Å². The molecule has 1 aromatic carbocycles. The van der Waals surface area contributed by atoms with E-state index in [4.69, 9.17) is 0 Å². The topological polar surface area (TPSA) is 34.1 Å². The molecule has 2 nitrogen and oxygen atoms in total. The Hall–Kier alpha value is -0.480. The first kappa shape index (κ1) is 11.6. The summed E-state index contributed by atoms with van der Waals surface area (Å²) in [6.07, 6.45) is 1.61. The molecule has 1 aromatic rings. The first-order chi connectivity index (χ1) is 6.56. The van der Waals surface area contributed by atoms with E-state index in [1.54, 1.807) is 24.3 Å². The summed E-state index contributed by atoms with van der Waals surface area (Å²) in [4.78, 5) is 1.17. The van der Waals surface area contributed by atoms with Crippen LogP contribution >= 0.6 is 12.6 Å². The number of benzene rings is 1. The molecule has 0 aliphatic heterocycles. The van der Waals surface area contributed by atoms with Crippen LogP contribution in [0.5, 0.6) is 0 Å². The van der Waals surface area contributed by atoms with Crippen molar-refractivity contribution in [3.63, 3.8) is 0 Å². The molecule has 0 aromatic heterocycles. The summed E-state index contributed by atoms with van der Waals surface area (Å²) in [5, 5.41) is 0. The second kappa shape index (κ2) is 4.84. The molecular weight excluding hydrogens is 216 g/mol. The van der Waals surface area contributed by atoms with Crippen molar-refractivity contribution in [3.05, 3.63) is 24.3 Å². The zero-order valence-corrected chi connectivity index (χ0v) is 9.81. The lowest BCUT2D eigenvalue weighted by Crippen LogP contribution is -2.06. The van der Waals surface area contributed by atoms with E-state index < -0.39 is 9.84 Å². The minimum Gasteiger partial charge on any atom is -0.224 e.